The molecular formula is C59H48N4O. The highest BCUT2D eigenvalue weighted by molar-refractivity contribution is 6.09. The number of aryl methyl sites for hydroxylation is 1. The Bertz CT molecular complexity index is 3910. The molecule has 5 heteroatoms. The third-order valence-electron chi connectivity index (χ3n) is 11.7. The maximum Gasteiger partial charge on any atom is 0.138 e. The minimum absolute atomic E-state index is 0.0678. The maximum atomic E-state index is 9.11. The van der Waals surface area contributed by atoms with E-state index in [-0.39, 0.29) is 40.2 Å². The van der Waals surface area contributed by atoms with E-state index in [1.54, 1.807) is 18.2 Å². The van der Waals surface area contributed by atoms with Crippen LogP contribution in [0, 0.1) is 6.85 Å². The van der Waals surface area contributed by atoms with Crippen LogP contribution in [-0.4, -0.2) is 16.2 Å². The van der Waals surface area contributed by atoms with Crippen LogP contribution in [0.1, 0.15) is 49.7 Å². The number of nitrogens with zero attached hydrogens (tertiary/aromatic N) is 4. The molecule has 1 aliphatic heterocycles. The van der Waals surface area contributed by atoms with Gasteiger partial charge in [0.25, 0.3) is 0 Å². The molecule has 0 unspecified atom stereocenters. The molecule has 0 radical (unpaired) electrons. The molecule has 310 valence electrons. The molecule has 8 aromatic carbocycles. The van der Waals surface area contributed by atoms with Gasteiger partial charge >= 0.3 is 0 Å². The third kappa shape index (κ3) is 6.96. The highest BCUT2D eigenvalue weighted by atomic mass is 16.5. The Morgan fingerprint density at radius 3 is 1.92 bits per heavy atom. The van der Waals surface area contributed by atoms with Crippen molar-refractivity contribution in [2.45, 2.75) is 33.0 Å². The molecule has 0 atom stereocenters. The van der Waals surface area contributed by atoms with E-state index in [1.807, 2.05) is 125 Å². The first-order chi connectivity index (χ1) is 36.6. The number of ether oxygens (including phenoxy) is 1. The average Bonchev–Trinajstić information content (AvgIpc) is 4.09. The normalized spacial score (nSPS) is 15.6. The van der Waals surface area contributed by atoms with Crippen molar-refractivity contribution < 1.29 is 22.6 Å². The van der Waals surface area contributed by atoms with Crippen molar-refractivity contribution in [2.75, 3.05) is 16.5 Å². The van der Waals surface area contributed by atoms with Crippen LogP contribution in [0.3, 0.4) is 0 Å². The van der Waals surface area contributed by atoms with Crippen LogP contribution in [0.25, 0.3) is 61.0 Å². The van der Waals surface area contributed by atoms with Crippen LogP contribution in [0.4, 0.5) is 22.7 Å². The summed E-state index contributed by atoms with van der Waals surface area (Å²) < 4.78 is 122. The number of anilines is 4. The van der Waals surface area contributed by atoms with Crippen molar-refractivity contribution in [3.63, 3.8) is 0 Å². The van der Waals surface area contributed by atoms with Crippen LogP contribution >= 0.6 is 0 Å². The van der Waals surface area contributed by atoms with Crippen molar-refractivity contribution in [3.8, 4) is 50.7 Å². The van der Waals surface area contributed by atoms with Gasteiger partial charge in [-0.2, -0.15) is 0 Å². The molecule has 0 aliphatic carbocycles. The van der Waals surface area contributed by atoms with Crippen LogP contribution in [0.15, 0.2) is 206 Å². The quantitative estimate of drug-likeness (QED) is 0.153. The molecule has 0 N–H and O–H groups in total. The molecular weight excluding hydrogens is 781 g/mol. The van der Waals surface area contributed by atoms with E-state index < -0.39 is 72.7 Å². The van der Waals surface area contributed by atoms with E-state index in [9.17, 15) is 0 Å². The highest BCUT2D eigenvalue weighted by Crippen LogP contribution is 2.51. The number of hydrogen-bond acceptors (Lipinski definition) is 4. The first-order valence-corrected chi connectivity index (χ1v) is 21.0. The molecule has 2 aromatic heterocycles. The molecule has 0 fully saturated rings. The molecule has 11 rings (SSSR count). The number of hydrogen-bond donors (Lipinski definition) is 0. The Balaban J connectivity index is 1.06. The minimum atomic E-state index is -2.41. The van der Waals surface area contributed by atoms with Gasteiger partial charge in [0.15, 0.2) is 0 Å². The smallest absolute Gasteiger partial charge is 0.138 e. The zero-order valence-corrected chi connectivity index (χ0v) is 35.3. The summed E-state index contributed by atoms with van der Waals surface area (Å²) in [6.45, 7) is 3.95. The summed E-state index contributed by atoms with van der Waals surface area (Å²) in [5.74, 6) is 1.55. The largest absolute Gasteiger partial charge is 0.457 e. The number of fused-ring (bicyclic) bond motifs is 4. The lowest BCUT2D eigenvalue weighted by Crippen LogP contribution is -2.25. The fraction of sp³-hybridized carbons (Fsp3) is 0.102. The van der Waals surface area contributed by atoms with E-state index in [0.717, 1.165) is 38.6 Å². The standard InChI is InChI=1S/C59H48N4O/c1-40-38-60-57(37-52(40)43-23-12-7-13-24-43)63-53-28-15-14-25-50(53)51-32-31-46(36-56(51)63)64-47-34-44(59(2,3)4)33-45(35-47)61-39-62(55-30-17-16-29-54(55)61)58-48(41-19-8-5-9-20-41)26-18-27-49(58)42-21-10-6-11-22-42/h5-38H,39H2,1-4H3/i1D3,5D,6D,8D,9D,10D,11D,19D,20D,21D,22D. The summed E-state index contributed by atoms with van der Waals surface area (Å²) >= 11 is 0. The van der Waals surface area contributed by atoms with Crippen LogP contribution < -0.4 is 14.5 Å². The molecule has 10 aromatic rings. The van der Waals surface area contributed by atoms with Crippen molar-refractivity contribution in [3.05, 3.63) is 217 Å². The van der Waals surface area contributed by atoms with Gasteiger partial charge in [0.1, 0.15) is 24.0 Å². The number of benzene rings is 8. The van der Waals surface area contributed by atoms with Crippen LogP contribution in [-0.2, 0) is 5.41 Å². The minimum Gasteiger partial charge on any atom is -0.457 e. The summed E-state index contributed by atoms with van der Waals surface area (Å²) in [7, 11) is 0. The van der Waals surface area contributed by atoms with Gasteiger partial charge in [-0.3, -0.25) is 4.57 Å². The summed E-state index contributed by atoms with van der Waals surface area (Å²) in [6, 6.07) is 38.3. The molecule has 0 bridgehead atoms. The number of rotatable bonds is 8. The third-order valence-corrected chi connectivity index (χ3v) is 11.7. The number of pyridine rings is 1. The van der Waals surface area contributed by atoms with E-state index in [4.69, 9.17) is 27.5 Å². The van der Waals surface area contributed by atoms with Crippen molar-refractivity contribution in [1.82, 2.24) is 9.55 Å². The van der Waals surface area contributed by atoms with Gasteiger partial charge < -0.3 is 14.5 Å². The highest BCUT2D eigenvalue weighted by Gasteiger charge is 2.32. The van der Waals surface area contributed by atoms with E-state index in [0.29, 0.717) is 34.3 Å². The fourth-order valence-corrected chi connectivity index (χ4v) is 8.68. The molecule has 0 saturated heterocycles. The second kappa shape index (κ2) is 15.8. The van der Waals surface area contributed by atoms with Gasteiger partial charge in [-0.15, -0.1) is 0 Å². The van der Waals surface area contributed by atoms with Gasteiger partial charge in [-0.1, -0.05) is 160 Å². The molecule has 0 amide bonds. The molecule has 5 nitrogen and oxygen atoms in total. The zero-order chi connectivity index (χ0) is 54.6. The molecule has 1 aliphatic rings. The van der Waals surface area contributed by atoms with E-state index >= 15 is 0 Å². The summed E-state index contributed by atoms with van der Waals surface area (Å²) in [5, 5.41) is 1.90. The predicted molar refractivity (Wildman–Crippen MR) is 267 cm³/mol. The lowest BCUT2D eigenvalue weighted by atomic mass is 9.86. The molecule has 0 saturated carbocycles. The average molecular weight is 842 g/mol. The Hall–Kier alpha value is -7.89. The van der Waals surface area contributed by atoms with Crippen molar-refractivity contribution in [2.24, 2.45) is 0 Å². The fourth-order valence-electron chi connectivity index (χ4n) is 8.68. The van der Waals surface area contributed by atoms with E-state index in [2.05, 4.69) is 31.7 Å². The van der Waals surface area contributed by atoms with Crippen LogP contribution in [0.5, 0.6) is 11.5 Å². The summed E-state index contributed by atoms with van der Waals surface area (Å²) in [4.78, 5) is 8.73. The van der Waals surface area contributed by atoms with Crippen molar-refractivity contribution in [1.29, 1.82) is 0 Å². The predicted octanol–water partition coefficient (Wildman–Crippen LogP) is 15.8. The lowest BCUT2D eigenvalue weighted by Gasteiger charge is -2.28. The first-order valence-electron chi connectivity index (χ1n) is 27.5. The molecule has 3 heterocycles. The van der Waals surface area contributed by atoms with Gasteiger partial charge in [0.05, 0.1) is 41.8 Å². The number of aromatic nitrogens is 2. The topological polar surface area (TPSA) is 33.5 Å². The van der Waals surface area contributed by atoms with Gasteiger partial charge in [-0.05, 0) is 94.2 Å². The second-order valence-corrected chi connectivity index (χ2v) is 16.7. The second-order valence-electron chi connectivity index (χ2n) is 16.7. The summed E-state index contributed by atoms with van der Waals surface area (Å²) in [6.07, 6.45) is 1.44. The number of para-hydroxylation sites is 4. The molecule has 0 spiro atoms. The van der Waals surface area contributed by atoms with Crippen molar-refractivity contribution >= 4 is 44.6 Å². The Morgan fingerprint density at radius 1 is 0.562 bits per heavy atom. The van der Waals surface area contributed by atoms with Gasteiger partial charge in [0.2, 0.25) is 0 Å². The summed E-state index contributed by atoms with van der Waals surface area (Å²) in [5.41, 5.74) is 6.14. The Morgan fingerprint density at radius 2 is 1.22 bits per heavy atom. The lowest BCUT2D eigenvalue weighted by molar-refractivity contribution is 0.479. The Labute approximate surface area is 393 Å². The SMILES string of the molecule is [2H]c1c([2H])c([2H])c(-c2cccc(-c3c([2H])c([2H])c([2H])c([2H])c3[2H])c2N2CN(c3cc(Oc4ccc5c6ccccc6n(-c6cc(-c7ccccc7)c(C([2H])([2H])[2H])cn6)c5c4)cc(C(C)(C)C)c3)c3ccccc32)c([2H])c1[2H]. The van der Waals surface area contributed by atoms with Gasteiger partial charge in [-0.25, -0.2) is 4.98 Å². The van der Waals surface area contributed by atoms with Gasteiger partial charge in [0, 0.05) is 50.0 Å². The van der Waals surface area contributed by atoms with E-state index in [1.165, 1.54) is 6.20 Å². The maximum absolute atomic E-state index is 9.11. The first kappa shape index (κ1) is 27.2. The monoisotopic (exact) mass is 841 g/mol. The zero-order valence-electron chi connectivity index (χ0n) is 48.3. The molecule has 64 heavy (non-hydrogen) atoms. The Kier molecular flexibility index (Phi) is 6.72. The van der Waals surface area contributed by atoms with Crippen LogP contribution in [0.2, 0.25) is 0 Å².